The van der Waals surface area contributed by atoms with Gasteiger partial charge in [-0.05, 0) is 12.6 Å². The Morgan fingerprint density at radius 1 is 1.88 bits per heavy atom. The van der Waals surface area contributed by atoms with Crippen molar-refractivity contribution >= 4 is 5.91 Å². The van der Waals surface area contributed by atoms with Gasteiger partial charge in [0.05, 0.1) is 0 Å². The average Bonchev–Trinajstić information content (AvgIpc) is 2.14. The highest BCUT2D eigenvalue weighted by Crippen LogP contribution is 2.08. The van der Waals surface area contributed by atoms with E-state index in [1.807, 2.05) is 0 Å². The highest BCUT2D eigenvalue weighted by atomic mass is 16.2. The van der Waals surface area contributed by atoms with Gasteiger partial charge in [0.25, 0.3) is 0 Å². The molecule has 0 aromatic carbocycles. The second-order valence-corrected chi connectivity index (χ2v) is 1.87. The fourth-order valence-corrected chi connectivity index (χ4v) is 0.862. The molecule has 1 saturated heterocycles. The van der Waals surface area contributed by atoms with Crippen LogP contribution in [0.1, 0.15) is 14.3 Å². The van der Waals surface area contributed by atoms with E-state index in [-0.39, 0.29) is 7.33 Å². The van der Waals surface area contributed by atoms with Crippen molar-refractivity contribution in [2.75, 3.05) is 6.54 Å². The number of likely N-dealkylation sites (tertiary alicyclic amines) is 1. The Bertz CT molecular complexity index is 124. The lowest BCUT2D eigenvalue weighted by Crippen LogP contribution is -2.16. The molecule has 0 aromatic heterocycles. The van der Waals surface area contributed by atoms with Crippen molar-refractivity contribution in [3.8, 4) is 0 Å². The number of hydrogen-bond acceptors (Lipinski definition) is 1. The molecule has 0 spiro atoms. The third-order valence-electron chi connectivity index (χ3n) is 1.33. The predicted molar refractivity (Wildman–Crippen MR) is 33.3 cm³/mol. The lowest BCUT2D eigenvalue weighted by molar-refractivity contribution is -0.125. The molecule has 2 nitrogen and oxygen atoms in total. The molecule has 1 rings (SSSR count). The van der Waals surface area contributed by atoms with E-state index < -0.39 is 0 Å². The molecule has 1 amide bonds. The quantitative estimate of drug-likeness (QED) is 0.496. The van der Waals surface area contributed by atoms with Gasteiger partial charge < -0.3 is 4.90 Å². The predicted octanol–water partition coefficient (Wildman–Crippen LogP) is 0.998. The zero-order valence-corrected chi connectivity index (χ0v) is 4.76. The van der Waals surface area contributed by atoms with Gasteiger partial charge in [0, 0.05) is 14.4 Å². The summed E-state index contributed by atoms with van der Waals surface area (Å²) in [7, 11) is 0. The van der Waals surface area contributed by atoms with Crippen LogP contribution in [0.25, 0.3) is 0 Å². The Morgan fingerprint density at radius 3 is 2.88 bits per heavy atom. The van der Waals surface area contributed by atoms with E-state index in [2.05, 4.69) is 6.58 Å². The Hall–Kier alpha value is -0.790. The minimum Gasteiger partial charge on any atom is -0.320 e. The summed E-state index contributed by atoms with van der Waals surface area (Å²) < 4.78 is 0. The van der Waals surface area contributed by atoms with E-state index in [0.29, 0.717) is 6.42 Å². The van der Waals surface area contributed by atoms with E-state index in [0.717, 1.165) is 13.0 Å². The van der Waals surface area contributed by atoms with Crippen LogP contribution in [0.4, 0.5) is 0 Å². The summed E-state index contributed by atoms with van der Waals surface area (Å²) >= 11 is 0. The maximum Gasteiger partial charge on any atom is 0.226 e. The van der Waals surface area contributed by atoms with Crippen molar-refractivity contribution in [2.24, 2.45) is 0 Å². The van der Waals surface area contributed by atoms with E-state index >= 15 is 0 Å². The van der Waals surface area contributed by atoms with Crippen LogP contribution < -0.4 is 0 Å². The summed E-state index contributed by atoms with van der Waals surface area (Å²) in [6.45, 7) is 4.36. The highest BCUT2D eigenvalue weighted by molar-refractivity contribution is 5.78. The zero-order chi connectivity index (χ0) is 5.98. The molecule has 1 aliphatic heterocycles. The van der Waals surface area contributed by atoms with Gasteiger partial charge in [0.2, 0.25) is 5.91 Å². The maximum absolute atomic E-state index is 10.7. The number of carbonyl (C=O) groups is 1. The first kappa shape index (κ1) is 5.35. The lowest BCUT2D eigenvalue weighted by atomic mass is 10.4. The first-order valence-corrected chi connectivity index (χ1v) is 2.76. The van der Waals surface area contributed by atoms with Crippen LogP contribution in [0, 0.1) is 0 Å². The number of carbonyl (C=O) groups excluding carboxylic acids is 1. The third kappa shape index (κ3) is 0.735. The SMILES string of the molecule is C=CN1CCCC1=O.[HH]. The maximum atomic E-state index is 10.7. The first-order chi connectivity index (χ1) is 3.84. The third-order valence-corrected chi connectivity index (χ3v) is 1.33. The largest absolute Gasteiger partial charge is 0.320 e. The van der Waals surface area contributed by atoms with Gasteiger partial charge in [0.1, 0.15) is 0 Å². The molecule has 46 valence electrons. The molecule has 1 fully saturated rings. The number of amides is 1. The summed E-state index contributed by atoms with van der Waals surface area (Å²) in [6, 6.07) is 0. The Morgan fingerprint density at radius 2 is 2.62 bits per heavy atom. The average molecular weight is 113 g/mol. The topological polar surface area (TPSA) is 20.3 Å². The highest BCUT2D eigenvalue weighted by Gasteiger charge is 2.15. The van der Waals surface area contributed by atoms with Gasteiger partial charge in [-0.1, -0.05) is 6.58 Å². The molecule has 0 radical (unpaired) electrons. The summed E-state index contributed by atoms with van der Waals surface area (Å²) in [6.07, 6.45) is 3.28. The minimum absolute atomic E-state index is 0. The van der Waals surface area contributed by atoms with Gasteiger partial charge in [-0.15, -0.1) is 0 Å². The molecule has 2 heteroatoms. The van der Waals surface area contributed by atoms with Crippen molar-refractivity contribution in [3.63, 3.8) is 0 Å². The van der Waals surface area contributed by atoms with E-state index in [4.69, 9.17) is 0 Å². The summed E-state index contributed by atoms with van der Waals surface area (Å²) in [5.41, 5.74) is 0. The van der Waals surface area contributed by atoms with Gasteiger partial charge in [-0.25, -0.2) is 0 Å². The van der Waals surface area contributed by atoms with Crippen LogP contribution in [-0.4, -0.2) is 17.4 Å². The van der Waals surface area contributed by atoms with E-state index in [1.165, 1.54) is 0 Å². The van der Waals surface area contributed by atoms with Crippen LogP contribution in [-0.2, 0) is 4.79 Å². The molecule has 0 N–H and O–H groups in total. The van der Waals surface area contributed by atoms with Crippen molar-refractivity contribution < 1.29 is 6.22 Å². The Balaban J connectivity index is 0.000000640. The summed E-state index contributed by atoms with van der Waals surface area (Å²) in [5.74, 6) is 0.208. The van der Waals surface area contributed by atoms with Gasteiger partial charge >= 0.3 is 0 Å². The van der Waals surface area contributed by atoms with Crippen LogP contribution in [0.15, 0.2) is 12.8 Å². The van der Waals surface area contributed by atoms with E-state index in [1.54, 1.807) is 11.1 Å². The van der Waals surface area contributed by atoms with Crippen molar-refractivity contribution in [1.29, 1.82) is 0 Å². The molecule has 0 aliphatic carbocycles. The fourth-order valence-electron chi connectivity index (χ4n) is 0.862. The van der Waals surface area contributed by atoms with Gasteiger partial charge in [0.15, 0.2) is 0 Å². The number of rotatable bonds is 1. The molecular formula is C6H11NO. The molecule has 1 aliphatic rings. The Labute approximate surface area is 50.3 Å². The van der Waals surface area contributed by atoms with Crippen LogP contribution in [0.3, 0.4) is 0 Å². The zero-order valence-electron chi connectivity index (χ0n) is 4.76. The van der Waals surface area contributed by atoms with Crippen molar-refractivity contribution in [3.05, 3.63) is 12.8 Å². The molecule has 0 aromatic rings. The lowest BCUT2D eigenvalue weighted by Gasteiger charge is -2.05. The molecule has 0 unspecified atom stereocenters. The second kappa shape index (κ2) is 1.99. The van der Waals surface area contributed by atoms with Crippen molar-refractivity contribution in [2.45, 2.75) is 12.8 Å². The molecule has 8 heavy (non-hydrogen) atoms. The Kier molecular flexibility index (Phi) is 1.33. The van der Waals surface area contributed by atoms with Crippen LogP contribution >= 0.6 is 0 Å². The minimum atomic E-state index is 0. The van der Waals surface area contributed by atoms with E-state index in [9.17, 15) is 4.79 Å². The second-order valence-electron chi connectivity index (χ2n) is 1.87. The van der Waals surface area contributed by atoms with Gasteiger partial charge in [-0.2, -0.15) is 0 Å². The monoisotopic (exact) mass is 113 g/mol. The smallest absolute Gasteiger partial charge is 0.226 e. The summed E-state index contributed by atoms with van der Waals surface area (Å²) in [4.78, 5) is 12.3. The molecule has 0 saturated carbocycles. The van der Waals surface area contributed by atoms with Crippen LogP contribution in [0.5, 0.6) is 0 Å². The summed E-state index contributed by atoms with van der Waals surface area (Å²) in [5, 5.41) is 0. The number of nitrogens with zero attached hydrogens (tertiary/aromatic N) is 1. The molecular weight excluding hydrogens is 102 g/mol. The number of hydrogen-bond donors (Lipinski definition) is 0. The van der Waals surface area contributed by atoms with Crippen molar-refractivity contribution in [1.82, 2.24) is 4.90 Å². The fraction of sp³-hybridized carbons (Fsp3) is 0.500. The molecule has 0 atom stereocenters. The molecule has 0 bridgehead atoms. The van der Waals surface area contributed by atoms with Crippen LogP contribution in [0.2, 0.25) is 0 Å². The normalized spacial score (nSPS) is 19.5. The standard InChI is InChI=1S/C6H9NO.H2/c1-2-7-5-3-4-6(7)8;/h2H,1,3-5H2;1H. The van der Waals surface area contributed by atoms with Gasteiger partial charge in [-0.3, -0.25) is 4.79 Å². The molecule has 1 heterocycles. The first-order valence-electron chi connectivity index (χ1n) is 2.76.